The zero-order valence-corrected chi connectivity index (χ0v) is 15.1. The Morgan fingerprint density at radius 3 is 2.46 bits per heavy atom. The molecule has 24 heavy (non-hydrogen) atoms. The van der Waals surface area contributed by atoms with Crippen LogP contribution in [0.4, 0.5) is 0 Å². The Kier molecular flexibility index (Phi) is 6.06. The molecule has 1 aromatic rings. The van der Waals surface area contributed by atoms with Gasteiger partial charge in [0, 0.05) is 12.6 Å². The van der Waals surface area contributed by atoms with Gasteiger partial charge < -0.3 is 14.8 Å². The monoisotopic (exact) mass is 356 g/mol. The first-order valence-electron chi connectivity index (χ1n) is 7.79. The minimum atomic E-state index is -3.46. The third-order valence-electron chi connectivity index (χ3n) is 3.83. The maximum Gasteiger partial charge on any atom is 0.235 e. The minimum absolute atomic E-state index is 0.150. The highest BCUT2D eigenvalue weighted by atomic mass is 32.2. The first-order valence-corrected chi connectivity index (χ1v) is 9.63. The molecule has 1 fully saturated rings. The summed E-state index contributed by atoms with van der Waals surface area (Å²) in [5.74, 6) is 0.952. The van der Waals surface area contributed by atoms with E-state index in [0.29, 0.717) is 17.9 Å². The van der Waals surface area contributed by atoms with E-state index in [1.54, 1.807) is 20.3 Å². The summed E-state index contributed by atoms with van der Waals surface area (Å²) in [4.78, 5) is 11.9. The number of carbonyl (C=O) groups excluding carboxylic acids is 1. The molecule has 0 unspecified atom stereocenters. The van der Waals surface area contributed by atoms with Crippen molar-refractivity contribution in [2.45, 2.75) is 25.3 Å². The van der Waals surface area contributed by atoms with E-state index in [-0.39, 0.29) is 25.0 Å². The fraction of sp³-hybridized carbons (Fsp3) is 0.562. The van der Waals surface area contributed by atoms with Gasteiger partial charge in [-0.1, -0.05) is 6.07 Å². The van der Waals surface area contributed by atoms with Gasteiger partial charge in [-0.3, -0.25) is 4.79 Å². The van der Waals surface area contributed by atoms with E-state index < -0.39 is 10.0 Å². The van der Waals surface area contributed by atoms with Crippen LogP contribution in [0.2, 0.25) is 0 Å². The normalized spacial score (nSPS) is 14.5. The van der Waals surface area contributed by atoms with Gasteiger partial charge in [0.25, 0.3) is 0 Å². The van der Waals surface area contributed by atoms with Crippen molar-refractivity contribution >= 4 is 15.9 Å². The number of sulfonamides is 1. The zero-order chi connectivity index (χ0) is 17.7. The topological polar surface area (TPSA) is 84.9 Å². The van der Waals surface area contributed by atoms with Crippen molar-refractivity contribution in [3.8, 4) is 11.5 Å². The van der Waals surface area contributed by atoms with Crippen LogP contribution >= 0.6 is 0 Å². The molecule has 1 aliphatic rings. The third kappa shape index (κ3) is 5.38. The molecule has 0 bridgehead atoms. The van der Waals surface area contributed by atoms with Crippen molar-refractivity contribution in [1.29, 1.82) is 0 Å². The SMILES string of the molecule is COc1ccc(CCN(CC(=O)NC2CC2)S(C)(=O)=O)cc1OC. The summed E-state index contributed by atoms with van der Waals surface area (Å²) >= 11 is 0. The largest absolute Gasteiger partial charge is 0.493 e. The van der Waals surface area contributed by atoms with E-state index in [4.69, 9.17) is 9.47 Å². The highest BCUT2D eigenvalue weighted by Crippen LogP contribution is 2.27. The first-order chi connectivity index (χ1) is 11.3. The van der Waals surface area contributed by atoms with Crippen LogP contribution in [0.1, 0.15) is 18.4 Å². The van der Waals surface area contributed by atoms with Crippen LogP contribution in [0.15, 0.2) is 18.2 Å². The van der Waals surface area contributed by atoms with Gasteiger partial charge in [-0.05, 0) is 37.0 Å². The molecular formula is C16H24N2O5S. The van der Waals surface area contributed by atoms with Crippen LogP contribution in [0, 0.1) is 0 Å². The lowest BCUT2D eigenvalue weighted by Gasteiger charge is -2.19. The predicted octanol–water partition coefficient (Wildman–Crippen LogP) is 0.786. The van der Waals surface area contributed by atoms with Crippen molar-refractivity contribution in [1.82, 2.24) is 9.62 Å². The van der Waals surface area contributed by atoms with Gasteiger partial charge in [-0.2, -0.15) is 4.31 Å². The molecule has 0 spiro atoms. The number of hydrogen-bond acceptors (Lipinski definition) is 5. The Morgan fingerprint density at radius 1 is 1.25 bits per heavy atom. The number of methoxy groups -OCH3 is 2. The van der Waals surface area contributed by atoms with Crippen molar-refractivity contribution in [2.75, 3.05) is 33.6 Å². The second-order valence-corrected chi connectivity index (χ2v) is 7.86. The second-order valence-electron chi connectivity index (χ2n) is 5.88. The Bertz CT molecular complexity index is 686. The Labute approximate surface area is 143 Å². The van der Waals surface area contributed by atoms with Crippen molar-refractivity contribution < 1.29 is 22.7 Å². The van der Waals surface area contributed by atoms with Gasteiger partial charge >= 0.3 is 0 Å². The molecule has 0 heterocycles. The summed E-state index contributed by atoms with van der Waals surface area (Å²) in [5, 5.41) is 2.81. The summed E-state index contributed by atoms with van der Waals surface area (Å²) in [7, 11) is -0.352. The number of rotatable bonds is 9. The lowest BCUT2D eigenvalue weighted by atomic mass is 10.1. The summed E-state index contributed by atoms with van der Waals surface area (Å²) in [6.07, 6.45) is 3.53. The van der Waals surface area contributed by atoms with Gasteiger partial charge in [0.2, 0.25) is 15.9 Å². The highest BCUT2D eigenvalue weighted by molar-refractivity contribution is 7.88. The van der Waals surface area contributed by atoms with Crippen LogP contribution in [0.5, 0.6) is 11.5 Å². The van der Waals surface area contributed by atoms with Crippen LogP contribution in [0.3, 0.4) is 0 Å². The van der Waals surface area contributed by atoms with E-state index in [0.717, 1.165) is 24.7 Å². The molecule has 0 saturated heterocycles. The fourth-order valence-electron chi connectivity index (χ4n) is 2.31. The average Bonchev–Trinajstić information content (AvgIpc) is 3.33. The maximum atomic E-state index is 11.9. The average molecular weight is 356 g/mol. The summed E-state index contributed by atoms with van der Waals surface area (Å²) in [6.45, 7) is 0.0784. The van der Waals surface area contributed by atoms with Gasteiger partial charge in [0.05, 0.1) is 27.0 Å². The second kappa shape index (κ2) is 7.85. The van der Waals surface area contributed by atoms with Crippen molar-refractivity contribution in [2.24, 2.45) is 0 Å². The van der Waals surface area contributed by atoms with Crippen LogP contribution in [-0.2, 0) is 21.2 Å². The van der Waals surface area contributed by atoms with Crippen LogP contribution in [0.25, 0.3) is 0 Å². The summed E-state index contributed by atoms with van der Waals surface area (Å²) < 4.78 is 35.5. The maximum absolute atomic E-state index is 11.9. The van der Waals surface area contributed by atoms with E-state index >= 15 is 0 Å². The molecule has 1 saturated carbocycles. The number of carbonyl (C=O) groups is 1. The predicted molar refractivity (Wildman–Crippen MR) is 90.8 cm³/mol. The van der Waals surface area contributed by atoms with Crippen LogP contribution in [-0.4, -0.2) is 58.2 Å². The molecule has 0 aromatic heterocycles. The van der Waals surface area contributed by atoms with Crippen molar-refractivity contribution in [3.63, 3.8) is 0 Å². The molecule has 1 N–H and O–H groups in total. The molecule has 1 aliphatic carbocycles. The van der Waals surface area contributed by atoms with E-state index in [1.807, 2.05) is 12.1 Å². The standard InChI is InChI=1S/C16H24N2O5S/c1-22-14-7-4-12(10-15(14)23-2)8-9-18(24(3,20)21)11-16(19)17-13-5-6-13/h4,7,10,13H,5-6,8-9,11H2,1-3H3,(H,17,19). The molecule has 134 valence electrons. The third-order valence-corrected chi connectivity index (χ3v) is 5.08. The number of nitrogens with zero attached hydrogens (tertiary/aromatic N) is 1. The number of ether oxygens (including phenoxy) is 2. The van der Waals surface area contributed by atoms with Gasteiger partial charge in [0.15, 0.2) is 11.5 Å². The number of amides is 1. The van der Waals surface area contributed by atoms with Gasteiger partial charge in [0.1, 0.15) is 0 Å². The molecular weight excluding hydrogens is 332 g/mol. The molecule has 0 radical (unpaired) electrons. The van der Waals surface area contributed by atoms with E-state index in [2.05, 4.69) is 5.32 Å². The molecule has 1 amide bonds. The molecule has 7 nitrogen and oxygen atoms in total. The van der Waals surface area contributed by atoms with Gasteiger partial charge in [-0.25, -0.2) is 8.42 Å². The summed E-state index contributed by atoms with van der Waals surface area (Å²) in [6, 6.07) is 5.65. The molecule has 0 aliphatic heterocycles. The van der Waals surface area contributed by atoms with Gasteiger partial charge in [-0.15, -0.1) is 0 Å². The molecule has 1 aromatic carbocycles. The molecule has 2 rings (SSSR count). The number of hydrogen-bond donors (Lipinski definition) is 1. The van der Waals surface area contributed by atoms with Crippen molar-refractivity contribution in [3.05, 3.63) is 23.8 Å². The lowest BCUT2D eigenvalue weighted by Crippen LogP contribution is -2.41. The lowest BCUT2D eigenvalue weighted by molar-refractivity contribution is -0.121. The number of nitrogens with one attached hydrogen (secondary N) is 1. The first kappa shape index (κ1) is 18.5. The minimum Gasteiger partial charge on any atom is -0.493 e. The Hall–Kier alpha value is -1.80. The van der Waals surface area contributed by atoms with Crippen LogP contribution < -0.4 is 14.8 Å². The smallest absolute Gasteiger partial charge is 0.235 e. The van der Waals surface area contributed by atoms with E-state index in [9.17, 15) is 13.2 Å². The summed E-state index contributed by atoms with van der Waals surface area (Å²) in [5.41, 5.74) is 0.906. The highest BCUT2D eigenvalue weighted by Gasteiger charge is 2.26. The zero-order valence-electron chi connectivity index (χ0n) is 14.2. The fourth-order valence-corrected chi connectivity index (χ4v) is 3.09. The molecule has 8 heteroatoms. The quantitative estimate of drug-likeness (QED) is 0.707. The number of benzene rings is 1. The van der Waals surface area contributed by atoms with E-state index in [1.165, 1.54) is 4.31 Å². The molecule has 0 atom stereocenters. The Morgan fingerprint density at radius 2 is 1.92 bits per heavy atom. The Balaban J connectivity index is 2.00.